The van der Waals surface area contributed by atoms with E-state index in [0.717, 1.165) is 11.3 Å². The van der Waals surface area contributed by atoms with Crippen molar-refractivity contribution in [3.63, 3.8) is 0 Å². The third-order valence-corrected chi connectivity index (χ3v) is 3.99. The molecule has 3 rings (SSSR count). The predicted octanol–water partition coefficient (Wildman–Crippen LogP) is 2.00. The number of carbonyl (C=O) groups is 1. The largest absolute Gasteiger partial charge is 0.494 e. The number of amides is 1. The number of benzene rings is 1. The minimum absolute atomic E-state index is 0.220. The Hall–Kier alpha value is -2.41. The van der Waals surface area contributed by atoms with Crippen LogP contribution >= 0.6 is 0 Å². The molecule has 7 heteroatoms. The van der Waals surface area contributed by atoms with Gasteiger partial charge in [-0.15, -0.1) is 0 Å². The van der Waals surface area contributed by atoms with Crippen molar-refractivity contribution in [2.75, 3.05) is 33.5 Å². The molecule has 24 heavy (non-hydrogen) atoms. The Balaban J connectivity index is 1.83. The van der Waals surface area contributed by atoms with Crippen LogP contribution in [-0.2, 0) is 4.74 Å². The number of aryl methyl sites for hydroxylation is 1. The monoisotopic (exact) mass is 333 g/mol. The van der Waals surface area contributed by atoms with Gasteiger partial charge < -0.3 is 14.4 Å². The number of ether oxygens (including phenoxy) is 2. The van der Waals surface area contributed by atoms with Gasteiger partial charge in [0, 0.05) is 19.3 Å². The van der Waals surface area contributed by atoms with Crippen LogP contribution in [0.1, 0.15) is 16.1 Å². The van der Waals surface area contributed by atoms with Crippen LogP contribution in [0.25, 0.3) is 5.69 Å². The van der Waals surface area contributed by atoms with E-state index in [1.54, 1.807) is 29.0 Å². The number of halogens is 1. The van der Waals surface area contributed by atoms with Gasteiger partial charge in [-0.3, -0.25) is 4.79 Å². The zero-order valence-electron chi connectivity index (χ0n) is 13.7. The first-order valence-electron chi connectivity index (χ1n) is 7.80. The van der Waals surface area contributed by atoms with E-state index >= 15 is 0 Å². The second kappa shape index (κ2) is 7.00. The number of morpholine rings is 1. The van der Waals surface area contributed by atoms with Gasteiger partial charge in [0.05, 0.1) is 13.7 Å². The molecule has 1 saturated heterocycles. The minimum Gasteiger partial charge on any atom is -0.494 e. The summed E-state index contributed by atoms with van der Waals surface area (Å²) in [6, 6.07) is 7.41. The molecule has 6 nitrogen and oxygen atoms in total. The van der Waals surface area contributed by atoms with Crippen LogP contribution in [0.4, 0.5) is 4.39 Å². The van der Waals surface area contributed by atoms with Gasteiger partial charge in [0.1, 0.15) is 24.2 Å². The zero-order valence-corrected chi connectivity index (χ0v) is 13.7. The molecule has 1 amide bonds. The van der Waals surface area contributed by atoms with E-state index in [1.165, 1.54) is 0 Å². The summed E-state index contributed by atoms with van der Waals surface area (Å²) in [7, 11) is 1.59. The fraction of sp³-hybridized carbons (Fsp3) is 0.412. The van der Waals surface area contributed by atoms with Crippen LogP contribution in [0.2, 0.25) is 0 Å². The van der Waals surface area contributed by atoms with Crippen molar-refractivity contribution < 1.29 is 18.7 Å². The Bertz CT molecular complexity index is 732. The Morgan fingerprint density at radius 3 is 3.04 bits per heavy atom. The lowest BCUT2D eigenvalue weighted by Gasteiger charge is -2.31. The molecule has 0 radical (unpaired) electrons. The quantitative estimate of drug-likeness (QED) is 0.859. The van der Waals surface area contributed by atoms with Crippen LogP contribution in [0, 0.1) is 6.92 Å². The molecular formula is C17H20FN3O3. The van der Waals surface area contributed by atoms with Gasteiger partial charge in [-0.2, -0.15) is 5.10 Å². The van der Waals surface area contributed by atoms with Gasteiger partial charge in [0.25, 0.3) is 5.91 Å². The first kappa shape index (κ1) is 16.4. The first-order valence-corrected chi connectivity index (χ1v) is 7.80. The first-order chi connectivity index (χ1) is 11.6. The number of hydrogen-bond donors (Lipinski definition) is 0. The lowest BCUT2D eigenvalue weighted by atomic mass is 10.2. The van der Waals surface area contributed by atoms with Gasteiger partial charge in [0.15, 0.2) is 5.69 Å². The summed E-state index contributed by atoms with van der Waals surface area (Å²) in [5.41, 5.74) is 2.14. The van der Waals surface area contributed by atoms with Crippen molar-refractivity contribution in [3.8, 4) is 11.4 Å². The van der Waals surface area contributed by atoms with Gasteiger partial charge in [0.2, 0.25) is 0 Å². The summed E-state index contributed by atoms with van der Waals surface area (Å²) in [6.45, 7) is 2.40. The molecule has 1 atom stereocenters. The third-order valence-electron chi connectivity index (χ3n) is 3.99. The van der Waals surface area contributed by atoms with Gasteiger partial charge in [-0.1, -0.05) is 6.07 Å². The van der Waals surface area contributed by atoms with Crippen LogP contribution in [-0.4, -0.2) is 60.2 Å². The predicted molar refractivity (Wildman–Crippen MR) is 86.5 cm³/mol. The van der Waals surface area contributed by atoms with Crippen molar-refractivity contribution in [3.05, 3.63) is 41.7 Å². The van der Waals surface area contributed by atoms with E-state index in [1.807, 2.05) is 25.1 Å². The topological polar surface area (TPSA) is 56.6 Å². The van der Waals surface area contributed by atoms with Crippen molar-refractivity contribution in [1.29, 1.82) is 0 Å². The van der Waals surface area contributed by atoms with Crippen LogP contribution in [0.15, 0.2) is 30.5 Å². The van der Waals surface area contributed by atoms with Crippen molar-refractivity contribution in [1.82, 2.24) is 14.7 Å². The fourth-order valence-electron chi connectivity index (χ4n) is 2.71. The number of alkyl halides is 1. The summed E-state index contributed by atoms with van der Waals surface area (Å²) in [4.78, 5) is 14.1. The van der Waals surface area contributed by atoms with E-state index in [0.29, 0.717) is 24.6 Å². The van der Waals surface area contributed by atoms with E-state index < -0.39 is 12.8 Å². The smallest absolute Gasteiger partial charge is 0.274 e. The number of methoxy groups -OCH3 is 1. The third kappa shape index (κ3) is 3.26. The number of carbonyl (C=O) groups excluding carboxylic acids is 1. The lowest BCUT2D eigenvalue weighted by molar-refractivity contribution is -0.0312. The maximum Gasteiger partial charge on any atom is 0.274 e. The molecular weight excluding hydrogens is 313 g/mol. The average molecular weight is 333 g/mol. The highest BCUT2D eigenvalue weighted by Crippen LogP contribution is 2.23. The standard InChI is InChI=1S/C17H20FN3O3/c1-12-3-4-16(23-2)15(9-12)21-6-5-14(19-21)17(22)20-7-8-24-13(10-18)11-20/h3-6,9,13H,7-8,10-11H2,1-2H3. The van der Waals surface area contributed by atoms with Crippen LogP contribution in [0.3, 0.4) is 0 Å². The van der Waals surface area contributed by atoms with Gasteiger partial charge in [-0.05, 0) is 30.7 Å². The summed E-state index contributed by atoms with van der Waals surface area (Å²) in [6.07, 6.45) is 1.17. The molecule has 1 aliphatic heterocycles. The highest BCUT2D eigenvalue weighted by molar-refractivity contribution is 5.92. The summed E-state index contributed by atoms with van der Waals surface area (Å²) < 4.78 is 25.0. The maximum absolute atomic E-state index is 12.8. The number of nitrogens with zero attached hydrogens (tertiary/aromatic N) is 3. The SMILES string of the molecule is COc1ccc(C)cc1-n1ccc(C(=O)N2CCOC(CF)C2)n1. The molecule has 1 fully saturated rings. The Kier molecular flexibility index (Phi) is 4.80. The molecule has 2 heterocycles. The molecule has 1 aliphatic rings. The summed E-state index contributed by atoms with van der Waals surface area (Å²) in [5.74, 6) is 0.452. The van der Waals surface area contributed by atoms with Crippen molar-refractivity contribution >= 4 is 5.91 Å². The summed E-state index contributed by atoms with van der Waals surface area (Å²) >= 11 is 0. The zero-order chi connectivity index (χ0) is 17.1. The number of hydrogen-bond acceptors (Lipinski definition) is 4. The van der Waals surface area contributed by atoms with Gasteiger partial charge in [-0.25, -0.2) is 9.07 Å². The second-order valence-corrected chi connectivity index (χ2v) is 5.72. The normalized spacial score (nSPS) is 17.8. The molecule has 1 aromatic carbocycles. The average Bonchev–Trinajstić information content (AvgIpc) is 3.11. The molecule has 0 spiro atoms. The Morgan fingerprint density at radius 2 is 2.29 bits per heavy atom. The molecule has 2 aromatic rings. The van der Waals surface area contributed by atoms with E-state index in [2.05, 4.69) is 5.10 Å². The lowest BCUT2D eigenvalue weighted by Crippen LogP contribution is -2.46. The molecule has 0 N–H and O–H groups in total. The highest BCUT2D eigenvalue weighted by Gasteiger charge is 2.26. The van der Waals surface area contributed by atoms with E-state index in [4.69, 9.17) is 9.47 Å². The fourth-order valence-corrected chi connectivity index (χ4v) is 2.71. The maximum atomic E-state index is 12.8. The van der Waals surface area contributed by atoms with E-state index in [9.17, 15) is 9.18 Å². The Morgan fingerprint density at radius 1 is 1.46 bits per heavy atom. The van der Waals surface area contributed by atoms with Crippen LogP contribution < -0.4 is 4.74 Å². The number of rotatable bonds is 4. The number of aromatic nitrogens is 2. The molecule has 0 saturated carbocycles. The van der Waals surface area contributed by atoms with Crippen LogP contribution in [0.5, 0.6) is 5.75 Å². The molecule has 128 valence electrons. The minimum atomic E-state index is -0.599. The highest BCUT2D eigenvalue weighted by atomic mass is 19.1. The molecule has 0 aliphatic carbocycles. The second-order valence-electron chi connectivity index (χ2n) is 5.72. The molecule has 0 bridgehead atoms. The van der Waals surface area contributed by atoms with Crippen molar-refractivity contribution in [2.24, 2.45) is 0 Å². The van der Waals surface area contributed by atoms with Crippen molar-refractivity contribution in [2.45, 2.75) is 13.0 Å². The van der Waals surface area contributed by atoms with E-state index in [-0.39, 0.29) is 12.5 Å². The van der Waals surface area contributed by atoms with Gasteiger partial charge >= 0.3 is 0 Å². The summed E-state index contributed by atoms with van der Waals surface area (Å²) in [5, 5.41) is 4.37. The Labute approximate surface area is 139 Å². The molecule has 1 unspecified atom stereocenters. The molecule has 1 aromatic heterocycles.